The van der Waals surface area contributed by atoms with Crippen molar-refractivity contribution in [3.05, 3.63) is 189 Å². The Morgan fingerprint density at radius 2 is 0.944 bits per heavy atom. The monoisotopic (exact) mass is 2090 g/mol. The van der Waals surface area contributed by atoms with Gasteiger partial charge in [-0.15, -0.1) is 0 Å². The van der Waals surface area contributed by atoms with Gasteiger partial charge >= 0.3 is 18.5 Å². The summed E-state index contributed by atoms with van der Waals surface area (Å²) in [6.07, 6.45) is -7.08. The highest BCUT2D eigenvalue weighted by Gasteiger charge is 2.40. The Morgan fingerprint density at radius 1 is 0.493 bits per heavy atom. The summed E-state index contributed by atoms with van der Waals surface area (Å²) in [6.45, 7) is 9.23. The van der Waals surface area contributed by atoms with E-state index < -0.39 is 94.5 Å². The minimum Gasteiger partial charge on any atom is -0.497 e. The number of piperazine rings is 1. The number of carbonyl (C=O) groups is 4. The normalized spacial score (nSPS) is 15.3. The number of hydrogen-bond acceptors (Lipinski definition) is 31. The Labute approximate surface area is 827 Å². The van der Waals surface area contributed by atoms with Gasteiger partial charge < -0.3 is 75.0 Å². The van der Waals surface area contributed by atoms with E-state index in [1.807, 2.05) is 19.0 Å². The number of sulfonamides is 3. The van der Waals surface area contributed by atoms with Crippen LogP contribution in [0.15, 0.2) is 116 Å². The summed E-state index contributed by atoms with van der Waals surface area (Å²) in [5.41, 5.74) is 2.09. The third kappa shape index (κ3) is 30.3. The maximum absolute atomic E-state index is 15.2. The third-order valence-corrected chi connectivity index (χ3v) is 27.5. The van der Waals surface area contributed by atoms with E-state index in [0.717, 1.165) is 88.3 Å². The number of aromatic nitrogens is 6. The molecule has 7 heterocycles. The zero-order valence-corrected chi connectivity index (χ0v) is 83.1. The van der Waals surface area contributed by atoms with Gasteiger partial charge in [0, 0.05) is 141 Å². The summed E-state index contributed by atoms with van der Waals surface area (Å²) in [4.78, 5) is 83.1. The van der Waals surface area contributed by atoms with Crippen molar-refractivity contribution in [3.63, 3.8) is 0 Å². The molecule has 4 aliphatic rings. The molecule has 144 heavy (non-hydrogen) atoms. The van der Waals surface area contributed by atoms with Crippen molar-refractivity contribution in [2.75, 3.05) is 214 Å². The fraction of sp³-hybridized carbons (Fsp3) is 0.441. The number of nitrogens with one attached hydrogen (secondary N) is 7. The number of carbonyl (C=O) groups excluding carboxylic acids is 4. The van der Waals surface area contributed by atoms with Gasteiger partial charge in [0.05, 0.1) is 131 Å². The summed E-state index contributed by atoms with van der Waals surface area (Å²) in [5, 5.41) is 18.0. The molecule has 51 heteroatoms. The number of rotatable bonds is 35. The number of likely N-dealkylation sites (N-methyl/N-ethyl adjacent to an activating group) is 1. The Morgan fingerprint density at radius 3 is 1.42 bits per heavy atom. The molecule has 3 aromatic heterocycles. The lowest BCUT2D eigenvalue weighted by atomic mass is 9.90. The number of hydrazine groups is 1. The first-order valence-corrected chi connectivity index (χ1v) is 50.0. The van der Waals surface area contributed by atoms with Crippen molar-refractivity contribution in [2.24, 2.45) is 5.92 Å². The van der Waals surface area contributed by atoms with Crippen molar-refractivity contribution in [3.8, 4) is 28.7 Å². The van der Waals surface area contributed by atoms with Crippen LogP contribution < -0.4 is 73.9 Å². The molecule has 0 spiro atoms. The Bertz CT molecular complexity index is 6420. The average molecular weight is 2090 g/mol. The molecule has 0 unspecified atom stereocenters. The number of ketones is 1. The van der Waals surface area contributed by atoms with Gasteiger partial charge in [-0.2, -0.15) is 49.5 Å². The van der Waals surface area contributed by atoms with E-state index in [9.17, 15) is 83.9 Å². The van der Waals surface area contributed by atoms with Crippen LogP contribution in [0.3, 0.4) is 0 Å². The average Bonchev–Trinajstić information content (AvgIpc) is 1.85. The van der Waals surface area contributed by atoms with Crippen LogP contribution in [0.2, 0.25) is 0 Å². The molecule has 9 aromatic rings. The molecule has 7 N–H and O–H groups in total. The number of halogens is 11. The van der Waals surface area contributed by atoms with Gasteiger partial charge in [0.15, 0.2) is 5.78 Å². The van der Waals surface area contributed by atoms with Crippen LogP contribution in [-0.2, 0) is 84.1 Å². The molecular formula is C93H116F11N21O16S3. The second-order valence-electron chi connectivity index (χ2n) is 34.1. The van der Waals surface area contributed by atoms with Gasteiger partial charge in [-0.1, -0.05) is 31.7 Å². The molecular weight excluding hydrogens is 1970 g/mol. The van der Waals surface area contributed by atoms with Crippen molar-refractivity contribution < 1.29 is 121 Å². The Kier molecular flexibility index (Phi) is 38.0. The molecule has 0 saturated carbocycles. The number of piperidine rings is 1. The predicted molar refractivity (Wildman–Crippen MR) is 521 cm³/mol. The molecule has 1 atom stereocenters. The topological polar surface area (TPSA) is 414 Å². The van der Waals surface area contributed by atoms with Gasteiger partial charge in [0.2, 0.25) is 53.8 Å². The van der Waals surface area contributed by atoms with E-state index >= 15 is 8.78 Å². The minimum atomic E-state index is -4.85. The second kappa shape index (κ2) is 48.5. The summed E-state index contributed by atoms with van der Waals surface area (Å²) in [5.74, 6) is -3.91. The summed E-state index contributed by atoms with van der Waals surface area (Å²) in [6, 6.07) is 23.0. The molecule has 3 amide bonds. The number of likely N-dealkylation sites (tertiary alicyclic amines) is 2. The second-order valence-corrected chi connectivity index (χ2v) is 40.2. The largest absolute Gasteiger partial charge is 0.497 e. The highest BCUT2D eigenvalue weighted by atomic mass is 32.2. The number of aryl methyl sites for hydroxylation is 3. The van der Waals surface area contributed by atoms with E-state index in [0.29, 0.717) is 124 Å². The molecule has 4 saturated heterocycles. The number of ether oxygens (including phenoxy) is 6. The van der Waals surface area contributed by atoms with Gasteiger partial charge in [0.25, 0.3) is 11.8 Å². The lowest BCUT2D eigenvalue weighted by Gasteiger charge is -2.36. The first-order valence-electron chi connectivity index (χ1n) is 44.5. The molecule has 13 rings (SSSR count). The van der Waals surface area contributed by atoms with Crippen molar-refractivity contribution in [1.29, 1.82) is 0 Å². The molecule has 0 aliphatic carbocycles. The van der Waals surface area contributed by atoms with E-state index in [1.54, 1.807) is 47.2 Å². The third-order valence-electron chi connectivity index (χ3n) is 23.9. The molecule has 4 fully saturated rings. The highest BCUT2D eigenvalue weighted by molar-refractivity contribution is 7.92. The molecule has 0 bridgehead atoms. The van der Waals surface area contributed by atoms with Crippen LogP contribution >= 0.6 is 0 Å². The zero-order chi connectivity index (χ0) is 105. The first-order chi connectivity index (χ1) is 67.3. The van der Waals surface area contributed by atoms with E-state index in [2.05, 4.69) is 77.0 Å². The highest BCUT2D eigenvalue weighted by Crippen LogP contribution is 2.42. The molecule has 4 aliphatic heterocycles. The number of morpholine rings is 1. The van der Waals surface area contributed by atoms with E-state index in [4.69, 9.17) is 28.4 Å². The van der Waals surface area contributed by atoms with Crippen LogP contribution in [0.5, 0.6) is 28.7 Å². The summed E-state index contributed by atoms with van der Waals surface area (Å²) >= 11 is 0. The van der Waals surface area contributed by atoms with Crippen molar-refractivity contribution >= 4 is 117 Å². The quantitative estimate of drug-likeness (QED) is 0.0143. The van der Waals surface area contributed by atoms with Crippen LogP contribution in [0.1, 0.15) is 109 Å². The molecule has 37 nitrogen and oxygen atoms in total. The fourth-order valence-electron chi connectivity index (χ4n) is 15.6. The van der Waals surface area contributed by atoms with Crippen LogP contribution in [0.25, 0.3) is 0 Å². The number of alkyl halides is 9. The predicted octanol–water partition coefficient (Wildman–Crippen LogP) is 12.6. The molecule has 784 valence electrons. The number of hydrogen-bond donors (Lipinski definition) is 7. The fourth-order valence-corrected chi connectivity index (χ4v) is 17.2. The minimum absolute atomic E-state index is 0. The Hall–Kier alpha value is -13.1. The lowest BCUT2D eigenvalue weighted by Crippen LogP contribution is -2.55. The number of methoxy groups -OCH3 is 5. The van der Waals surface area contributed by atoms with Gasteiger partial charge in [-0.05, 0) is 149 Å². The number of amides is 3. The van der Waals surface area contributed by atoms with Gasteiger partial charge in [0.1, 0.15) is 63.1 Å². The number of benzene rings is 6. The van der Waals surface area contributed by atoms with Gasteiger partial charge in [-0.3, -0.25) is 42.4 Å². The van der Waals surface area contributed by atoms with Crippen molar-refractivity contribution in [1.82, 2.24) is 65.3 Å². The van der Waals surface area contributed by atoms with Gasteiger partial charge in [-0.25, -0.2) is 59.0 Å². The standard InChI is InChI=1S/C34H43F3N8O6S.C30H36F4N6O5S.C28H33F4N7O5S.CH4/c1-23-5-6-24(29(19-23)42(2)52(4,48)49)7-9-27-26(34(35,36)37)21-38-33(39-27)40-28-10-8-25(20-30(28)50-3)32(47)41-45-13-11-43(12-14-45)22-31(46)44-15-17-51-18-16-44;1-39-10-8-18(9-11-39)12-26(41)21-14-27(45-4)24(15-23(21)31)37-29-36-17-22(30(32,33)34)28(38-29)35-16-19-6-7-20(44-3)13-25(19)40(2)46(5,42)43;1-38-9-8-17(15-38)35-26(40)19-11-24(44-4)22(12-21(19)29)36-27-34-14-20(28(30,31)32)25(37-27)33-13-16-6-7-18(43-3)10-23(16)39(2)45(5,41)42;/h5-6,8,10,19-21H,7,9,11-18,22H2,1-4H3,(H,41,47)(H,38,39,40);6-7,13-15,17-18H,8-12,16H2,1-5H3,(H2,35,36,37,38);6-7,10-12,14,17H,8-9,13,15H2,1-5H3,(H,35,40)(H2,33,34,36,37);1H4/t;;17-;/m..1./s1. The molecule has 0 radical (unpaired) electrons. The van der Waals surface area contributed by atoms with Crippen LogP contribution in [0, 0.1) is 24.5 Å². The zero-order valence-electron chi connectivity index (χ0n) is 80.6. The smallest absolute Gasteiger partial charge is 0.421 e. The van der Waals surface area contributed by atoms with Crippen LogP contribution in [-0.4, -0.2) is 284 Å². The van der Waals surface area contributed by atoms with E-state index in [-0.39, 0.29) is 150 Å². The number of Topliss-reactive ketones (excluding diaryl/α,β-unsaturated/α-hetero) is 1. The van der Waals surface area contributed by atoms with Crippen molar-refractivity contribution in [2.45, 2.75) is 90.5 Å². The number of anilines is 11. The van der Waals surface area contributed by atoms with E-state index in [1.165, 1.54) is 111 Å². The first kappa shape index (κ1) is 113. The molecule has 6 aromatic carbocycles. The maximum Gasteiger partial charge on any atom is 0.421 e. The Balaban J connectivity index is 0.000000222. The van der Waals surface area contributed by atoms with Crippen LogP contribution in [0.4, 0.5) is 112 Å². The lowest BCUT2D eigenvalue weighted by molar-refractivity contribution is -0.139. The SMILES string of the molecule is C.COc1cc(C(=O)NN2CCN(CC(=O)N3CCOCC3)CC2)ccc1Nc1ncc(C(F)(F)F)c(CCc2ccc(C)cc2N(C)S(C)(=O)=O)n1.COc1ccc(CNc2nc(Nc3cc(F)c(C(=O)CC4CCN(C)CC4)cc3OC)ncc2C(F)(F)F)c(N(C)S(C)(=O)=O)c1.COc1ccc(CNc2nc(Nc3cc(F)c(C(=O)N[C@@H]4CCN(C)C4)cc3OC)ncc2C(F)(F)F)c(N(C)S(C)(=O)=O)c1. The number of nitrogens with zero attached hydrogens (tertiary/aromatic N) is 14. The summed E-state index contributed by atoms with van der Waals surface area (Å²) in [7, 11) is 3.63. The summed E-state index contributed by atoms with van der Waals surface area (Å²) < 4.78 is 264. The maximum atomic E-state index is 15.2.